The van der Waals surface area contributed by atoms with Crippen LogP contribution in [0.3, 0.4) is 0 Å². The number of aromatic amines is 1. The van der Waals surface area contributed by atoms with Crippen LogP contribution in [-0.2, 0) is 6.42 Å². The summed E-state index contributed by atoms with van der Waals surface area (Å²) in [5.74, 6) is 0.690. The zero-order valence-electron chi connectivity index (χ0n) is 20.1. The molecule has 1 fully saturated rings. The average Bonchev–Trinajstić information content (AvgIpc) is 3.29. The zero-order valence-corrected chi connectivity index (χ0v) is 20.1. The van der Waals surface area contributed by atoms with Crippen molar-refractivity contribution in [2.24, 2.45) is 5.92 Å². The normalized spacial score (nSPS) is 13.4. The van der Waals surface area contributed by atoms with Gasteiger partial charge in [-0.1, -0.05) is 19.1 Å². The summed E-state index contributed by atoms with van der Waals surface area (Å²) in [4.78, 5) is 25.4. The van der Waals surface area contributed by atoms with E-state index in [2.05, 4.69) is 36.8 Å². The molecule has 5 aromatic rings. The van der Waals surface area contributed by atoms with Gasteiger partial charge in [0.2, 0.25) is 0 Å². The van der Waals surface area contributed by atoms with Crippen LogP contribution in [0.15, 0.2) is 73.6 Å². The van der Waals surface area contributed by atoms with E-state index >= 15 is 4.39 Å². The molecule has 1 saturated carbocycles. The number of hydrogen-bond acceptors (Lipinski definition) is 7. The third-order valence-corrected chi connectivity index (χ3v) is 6.80. The third-order valence-electron chi connectivity index (χ3n) is 6.80. The van der Waals surface area contributed by atoms with Gasteiger partial charge in [-0.05, 0) is 43.0 Å². The lowest BCUT2D eigenvalue weighted by Gasteiger charge is -2.28. The Hall–Kier alpha value is -4.66. The minimum absolute atomic E-state index is 0.116. The lowest BCUT2D eigenvalue weighted by atomic mass is 9.83. The maximum atomic E-state index is 15.8. The molecule has 6 rings (SSSR count). The van der Waals surface area contributed by atoms with E-state index in [1.807, 2.05) is 30.3 Å². The standard InChI is InChI=1S/C28H25FN8/c1-16(17-5-4-6-17)35-19-11-18(13-31-14-19)21-15-34-28(30)20(25(21)29)12-24-36-23-8-10-33-26(27(23)37-24)22-7-2-3-9-32-22/h2-3,7-11,13-15,17,35H,1,4-6,12H2,(H2,30,34)(H,36,37). The van der Waals surface area contributed by atoms with Gasteiger partial charge >= 0.3 is 0 Å². The molecular formula is C28H25FN8. The van der Waals surface area contributed by atoms with Crippen LogP contribution in [0.25, 0.3) is 33.5 Å². The van der Waals surface area contributed by atoms with Gasteiger partial charge in [0.05, 0.1) is 23.1 Å². The van der Waals surface area contributed by atoms with Crippen molar-refractivity contribution < 1.29 is 4.39 Å². The fraction of sp³-hybridized carbons (Fsp3) is 0.179. The molecule has 1 aliphatic carbocycles. The van der Waals surface area contributed by atoms with Crippen molar-refractivity contribution in [1.82, 2.24) is 29.9 Å². The molecule has 0 radical (unpaired) electrons. The van der Waals surface area contributed by atoms with Crippen LogP contribution in [0.2, 0.25) is 0 Å². The summed E-state index contributed by atoms with van der Waals surface area (Å²) < 4.78 is 15.8. The number of nitrogens with two attached hydrogens (primary N) is 1. The number of rotatable bonds is 7. The highest BCUT2D eigenvalue weighted by molar-refractivity contribution is 5.88. The Bertz CT molecular complexity index is 1610. The number of anilines is 2. The predicted octanol–water partition coefficient (Wildman–Crippen LogP) is 5.51. The number of nitrogens with one attached hydrogen (secondary N) is 2. The fourth-order valence-electron chi connectivity index (χ4n) is 4.54. The molecule has 5 heterocycles. The molecular weight excluding hydrogens is 467 g/mol. The van der Waals surface area contributed by atoms with Crippen LogP contribution < -0.4 is 11.1 Å². The molecule has 0 bridgehead atoms. The number of H-pyrrole nitrogens is 1. The van der Waals surface area contributed by atoms with Gasteiger partial charge in [-0.2, -0.15) is 0 Å². The minimum Gasteiger partial charge on any atom is -0.383 e. The number of nitrogens with zero attached hydrogens (tertiary/aromatic N) is 5. The van der Waals surface area contributed by atoms with Crippen molar-refractivity contribution in [3.8, 4) is 22.5 Å². The molecule has 9 heteroatoms. The number of aromatic nitrogens is 6. The lowest BCUT2D eigenvalue weighted by molar-refractivity contribution is 0.371. The summed E-state index contributed by atoms with van der Waals surface area (Å²) in [6.07, 6.45) is 11.8. The van der Waals surface area contributed by atoms with E-state index in [0.29, 0.717) is 39.8 Å². The summed E-state index contributed by atoms with van der Waals surface area (Å²) in [7, 11) is 0. The van der Waals surface area contributed by atoms with E-state index in [4.69, 9.17) is 10.7 Å². The van der Waals surface area contributed by atoms with Crippen LogP contribution in [0, 0.1) is 11.7 Å². The second-order valence-electron chi connectivity index (χ2n) is 9.22. The molecule has 184 valence electrons. The Kier molecular flexibility index (Phi) is 5.80. The maximum Gasteiger partial charge on any atom is 0.139 e. The van der Waals surface area contributed by atoms with Crippen molar-refractivity contribution >= 4 is 22.5 Å². The van der Waals surface area contributed by atoms with Crippen LogP contribution in [0.1, 0.15) is 30.7 Å². The van der Waals surface area contributed by atoms with E-state index < -0.39 is 5.82 Å². The largest absolute Gasteiger partial charge is 0.383 e. The first-order valence-electron chi connectivity index (χ1n) is 12.2. The molecule has 0 unspecified atom stereocenters. The molecule has 37 heavy (non-hydrogen) atoms. The predicted molar refractivity (Wildman–Crippen MR) is 142 cm³/mol. The topological polar surface area (TPSA) is 118 Å². The molecule has 1 aliphatic rings. The Balaban J connectivity index is 1.32. The summed E-state index contributed by atoms with van der Waals surface area (Å²) >= 11 is 0. The SMILES string of the molecule is C=C(Nc1cncc(-c2cnc(N)c(Cc3nc4c(-c5ccccn5)nccc4[nH]3)c2F)c1)C1CCC1. The van der Waals surface area contributed by atoms with Crippen molar-refractivity contribution in [1.29, 1.82) is 0 Å². The fourth-order valence-corrected chi connectivity index (χ4v) is 4.54. The molecule has 0 amide bonds. The third kappa shape index (κ3) is 4.40. The maximum absolute atomic E-state index is 15.8. The van der Waals surface area contributed by atoms with Crippen molar-refractivity contribution in [2.45, 2.75) is 25.7 Å². The van der Waals surface area contributed by atoms with Crippen molar-refractivity contribution in [2.75, 3.05) is 11.1 Å². The molecule has 5 aromatic heterocycles. The number of imidazole rings is 1. The number of fused-ring (bicyclic) bond motifs is 1. The van der Waals surface area contributed by atoms with Crippen LogP contribution in [0.5, 0.6) is 0 Å². The number of allylic oxidation sites excluding steroid dienone is 1. The van der Waals surface area contributed by atoms with Gasteiger partial charge in [-0.15, -0.1) is 0 Å². The number of nitrogen functional groups attached to an aromatic ring is 1. The first kappa shape index (κ1) is 22.8. The van der Waals surface area contributed by atoms with Gasteiger partial charge in [0.15, 0.2) is 0 Å². The van der Waals surface area contributed by atoms with Gasteiger partial charge in [0, 0.05) is 53.6 Å². The molecule has 0 spiro atoms. The van der Waals surface area contributed by atoms with Crippen LogP contribution in [0.4, 0.5) is 15.9 Å². The second kappa shape index (κ2) is 9.42. The highest BCUT2D eigenvalue weighted by Gasteiger charge is 2.21. The Morgan fingerprint density at radius 2 is 2.00 bits per heavy atom. The smallest absolute Gasteiger partial charge is 0.139 e. The zero-order chi connectivity index (χ0) is 25.4. The molecule has 0 aromatic carbocycles. The molecule has 4 N–H and O–H groups in total. The molecule has 0 atom stereocenters. The quantitative estimate of drug-likeness (QED) is 0.274. The van der Waals surface area contributed by atoms with E-state index in [9.17, 15) is 0 Å². The van der Waals surface area contributed by atoms with Gasteiger partial charge in [0.25, 0.3) is 0 Å². The van der Waals surface area contributed by atoms with Crippen LogP contribution >= 0.6 is 0 Å². The second-order valence-corrected chi connectivity index (χ2v) is 9.22. The Morgan fingerprint density at radius 1 is 1.11 bits per heavy atom. The highest BCUT2D eigenvalue weighted by atomic mass is 19.1. The Labute approximate surface area is 213 Å². The van der Waals surface area contributed by atoms with Crippen molar-refractivity contribution in [3.05, 3.63) is 90.8 Å². The number of hydrogen-bond donors (Lipinski definition) is 3. The Morgan fingerprint density at radius 3 is 2.78 bits per heavy atom. The van der Waals surface area contributed by atoms with E-state index in [0.717, 1.165) is 29.7 Å². The van der Waals surface area contributed by atoms with E-state index in [1.165, 1.54) is 12.6 Å². The molecule has 8 nitrogen and oxygen atoms in total. The lowest BCUT2D eigenvalue weighted by Crippen LogP contribution is -2.18. The molecule has 0 saturated heterocycles. The summed E-state index contributed by atoms with van der Waals surface area (Å²) in [5, 5.41) is 3.32. The number of pyridine rings is 4. The first-order valence-corrected chi connectivity index (χ1v) is 12.2. The van der Waals surface area contributed by atoms with Gasteiger partial charge in [0.1, 0.15) is 28.7 Å². The molecule has 0 aliphatic heterocycles. The average molecular weight is 493 g/mol. The number of halogens is 1. The first-order chi connectivity index (χ1) is 18.1. The van der Waals surface area contributed by atoms with Gasteiger partial charge in [-0.25, -0.2) is 14.4 Å². The minimum atomic E-state index is -0.451. The summed E-state index contributed by atoms with van der Waals surface area (Å²) in [6, 6.07) is 9.29. The highest BCUT2D eigenvalue weighted by Crippen LogP contribution is 2.34. The van der Waals surface area contributed by atoms with E-state index in [1.54, 1.807) is 24.8 Å². The monoisotopic (exact) mass is 492 g/mol. The summed E-state index contributed by atoms with van der Waals surface area (Å²) in [5.41, 5.74) is 11.8. The van der Waals surface area contributed by atoms with Crippen molar-refractivity contribution in [3.63, 3.8) is 0 Å². The van der Waals surface area contributed by atoms with E-state index in [-0.39, 0.29) is 17.8 Å². The van der Waals surface area contributed by atoms with Crippen LogP contribution in [-0.4, -0.2) is 29.9 Å². The summed E-state index contributed by atoms with van der Waals surface area (Å²) in [6.45, 7) is 4.15. The van der Waals surface area contributed by atoms with Gasteiger partial charge < -0.3 is 16.0 Å². The van der Waals surface area contributed by atoms with Gasteiger partial charge in [-0.3, -0.25) is 15.0 Å².